The summed E-state index contributed by atoms with van der Waals surface area (Å²) in [6.07, 6.45) is 4.08. The van der Waals surface area contributed by atoms with Crippen molar-refractivity contribution in [2.24, 2.45) is 11.8 Å². The van der Waals surface area contributed by atoms with Gasteiger partial charge in [-0.2, -0.15) is 0 Å². The van der Waals surface area contributed by atoms with Gasteiger partial charge < -0.3 is 5.32 Å². The topological polar surface area (TPSA) is 12.0 Å². The minimum atomic E-state index is 0.568. The van der Waals surface area contributed by atoms with Crippen LogP contribution in [0.5, 0.6) is 0 Å². The van der Waals surface area contributed by atoms with Crippen LogP contribution in [0, 0.1) is 11.8 Å². The lowest BCUT2D eigenvalue weighted by Crippen LogP contribution is -2.34. The van der Waals surface area contributed by atoms with Crippen molar-refractivity contribution in [3.8, 4) is 0 Å². The first kappa shape index (κ1) is 9.63. The highest BCUT2D eigenvalue weighted by atomic mass is 14.9. The molecule has 1 atom stereocenters. The van der Waals surface area contributed by atoms with Crippen LogP contribution in [0.3, 0.4) is 0 Å². The van der Waals surface area contributed by atoms with E-state index in [4.69, 9.17) is 0 Å². The lowest BCUT2D eigenvalue weighted by Gasteiger charge is -2.31. The zero-order chi connectivity index (χ0) is 9.14. The van der Waals surface area contributed by atoms with Crippen molar-refractivity contribution >= 4 is 0 Å². The van der Waals surface area contributed by atoms with Crippen LogP contribution in [-0.4, -0.2) is 6.04 Å². The third-order valence-electron chi connectivity index (χ3n) is 3.01. The predicted molar refractivity (Wildman–Crippen MR) is 53.9 cm³/mol. The molecule has 0 aliphatic heterocycles. The van der Waals surface area contributed by atoms with Crippen LogP contribution in [0.15, 0.2) is 12.3 Å². The molecule has 0 spiro atoms. The normalized spacial score (nSPS) is 20.3. The van der Waals surface area contributed by atoms with Gasteiger partial charge in [0.05, 0.1) is 0 Å². The Morgan fingerprint density at radius 2 is 1.92 bits per heavy atom. The molecule has 1 heteroatoms. The standard InChI is InChI=1S/C11H21N/c1-8(2)9(3)12-10(4)11-6-5-7-11/h8-9,11-12H,4-7H2,1-3H3/t9-/m1/s1. The average Bonchev–Trinajstić information content (AvgIpc) is 1.82. The Kier molecular flexibility index (Phi) is 3.19. The van der Waals surface area contributed by atoms with Gasteiger partial charge in [0.2, 0.25) is 0 Å². The molecule has 1 N–H and O–H groups in total. The molecular weight excluding hydrogens is 146 g/mol. The van der Waals surface area contributed by atoms with E-state index in [9.17, 15) is 0 Å². The monoisotopic (exact) mass is 167 g/mol. The molecule has 0 unspecified atom stereocenters. The summed E-state index contributed by atoms with van der Waals surface area (Å²) in [6, 6.07) is 0.568. The van der Waals surface area contributed by atoms with Gasteiger partial charge >= 0.3 is 0 Å². The smallest absolute Gasteiger partial charge is 0.0252 e. The van der Waals surface area contributed by atoms with E-state index in [1.54, 1.807) is 0 Å². The van der Waals surface area contributed by atoms with Gasteiger partial charge in [-0.3, -0.25) is 0 Å². The predicted octanol–water partition coefficient (Wildman–Crippen LogP) is 2.93. The summed E-state index contributed by atoms with van der Waals surface area (Å²) in [5, 5.41) is 3.49. The number of allylic oxidation sites excluding steroid dienone is 1. The van der Waals surface area contributed by atoms with Crippen molar-refractivity contribution < 1.29 is 0 Å². The molecular formula is C11H21N. The molecule has 0 aromatic heterocycles. The molecule has 1 aliphatic carbocycles. The van der Waals surface area contributed by atoms with E-state index < -0.39 is 0 Å². The van der Waals surface area contributed by atoms with Crippen molar-refractivity contribution in [2.75, 3.05) is 0 Å². The Balaban J connectivity index is 2.25. The molecule has 0 bridgehead atoms. The molecule has 12 heavy (non-hydrogen) atoms. The molecule has 70 valence electrons. The third kappa shape index (κ3) is 2.26. The van der Waals surface area contributed by atoms with Crippen LogP contribution in [0.1, 0.15) is 40.0 Å². The quantitative estimate of drug-likeness (QED) is 0.679. The summed E-state index contributed by atoms with van der Waals surface area (Å²) in [6.45, 7) is 10.8. The summed E-state index contributed by atoms with van der Waals surface area (Å²) in [5.74, 6) is 1.47. The number of hydrogen-bond acceptors (Lipinski definition) is 1. The Morgan fingerprint density at radius 3 is 2.25 bits per heavy atom. The van der Waals surface area contributed by atoms with E-state index in [1.165, 1.54) is 25.0 Å². The third-order valence-corrected chi connectivity index (χ3v) is 3.01. The number of rotatable bonds is 4. The molecule has 0 radical (unpaired) electrons. The molecule has 0 aromatic rings. The lowest BCUT2D eigenvalue weighted by molar-refractivity contribution is 0.330. The van der Waals surface area contributed by atoms with Gasteiger partial charge in [-0.15, -0.1) is 0 Å². The highest BCUT2D eigenvalue weighted by Gasteiger charge is 2.21. The number of hydrogen-bond donors (Lipinski definition) is 1. The van der Waals surface area contributed by atoms with E-state index in [0.29, 0.717) is 12.0 Å². The highest BCUT2D eigenvalue weighted by Crippen LogP contribution is 2.31. The maximum atomic E-state index is 4.09. The fourth-order valence-corrected chi connectivity index (χ4v) is 1.33. The summed E-state index contributed by atoms with van der Waals surface area (Å²) < 4.78 is 0. The fourth-order valence-electron chi connectivity index (χ4n) is 1.33. The molecule has 1 nitrogen and oxygen atoms in total. The minimum absolute atomic E-state index is 0.568. The summed E-state index contributed by atoms with van der Waals surface area (Å²) >= 11 is 0. The Morgan fingerprint density at radius 1 is 1.33 bits per heavy atom. The molecule has 1 rings (SSSR count). The van der Waals surface area contributed by atoms with Gasteiger partial charge in [0.15, 0.2) is 0 Å². The average molecular weight is 167 g/mol. The molecule has 1 saturated carbocycles. The zero-order valence-corrected chi connectivity index (χ0v) is 8.56. The van der Waals surface area contributed by atoms with Crippen molar-refractivity contribution in [2.45, 2.75) is 46.1 Å². The van der Waals surface area contributed by atoms with Crippen molar-refractivity contribution in [1.29, 1.82) is 0 Å². The van der Waals surface area contributed by atoms with Gasteiger partial charge in [-0.25, -0.2) is 0 Å². The maximum absolute atomic E-state index is 4.09. The Bertz CT molecular complexity index is 156. The zero-order valence-electron chi connectivity index (χ0n) is 8.56. The maximum Gasteiger partial charge on any atom is 0.0252 e. The van der Waals surface area contributed by atoms with E-state index in [2.05, 4.69) is 32.7 Å². The van der Waals surface area contributed by atoms with Gasteiger partial charge in [-0.05, 0) is 31.6 Å². The molecule has 1 aliphatic rings. The minimum Gasteiger partial charge on any atom is -0.386 e. The van der Waals surface area contributed by atoms with E-state index in [-0.39, 0.29) is 0 Å². The van der Waals surface area contributed by atoms with Crippen LogP contribution in [0.2, 0.25) is 0 Å². The lowest BCUT2D eigenvalue weighted by atomic mass is 9.83. The van der Waals surface area contributed by atoms with Crippen LogP contribution in [-0.2, 0) is 0 Å². The van der Waals surface area contributed by atoms with Crippen LogP contribution in [0.25, 0.3) is 0 Å². The van der Waals surface area contributed by atoms with E-state index in [0.717, 1.165) is 5.92 Å². The second-order valence-electron chi connectivity index (χ2n) is 4.33. The Hall–Kier alpha value is -0.460. The summed E-state index contributed by atoms with van der Waals surface area (Å²) in [4.78, 5) is 0. The van der Waals surface area contributed by atoms with Crippen LogP contribution >= 0.6 is 0 Å². The first-order valence-electron chi connectivity index (χ1n) is 5.06. The van der Waals surface area contributed by atoms with Crippen molar-refractivity contribution in [3.63, 3.8) is 0 Å². The SMILES string of the molecule is C=C(N[C@H](C)C(C)C)C1CCC1. The van der Waals surface area contributed by atoms with Gasteiger partial charge in [0.25, 0.3) is 0 Å². The van der Waals surface area contributed by atoms with E-state index in [1.807, 2.05) is 0 Å². The summed E-state index contributed by atoms with van der Waals surface area (Å²) in [7, 11) is 0. The van der Waals surface area contributed by atoms with Crippen molar-refractivity contribution in [3.05, 3.63) is 12.3 Å². The number of nitrogens with one attached hydrogen (secondary N) is 1. The van der Waals surface area contributed by atoms with Gasteiger partial charge in [0, 0.05) is 11.7 Å². The second kappa shape index (κ2) is 3.97. The first-order valence-corrected chi connectivity index (χ1v) is 5.06. The molecule has 1 fully saturated rings. The second-order valence-corrected chi connectivity index (χ2v) is 4.33. The molecule has 0 aromatic carbocycles. The van der Waals surface area contributed by atoms with Crippen LogP contribution in [0.4, 0.5) is 0 Å². The fraction of sp³-hybridized carbons (Fsp3) is 0.818. The largest absolute Gasteiger partial charge is 0.386 e. The van der Waals surface area contributed by atoms with Gasteiger partial charge in [-0.1, -0.05) is 26.8 Å². The molecule has 0 heterocycles. The Labute approximate surface area is 76.2 Å². The summed E-state index contributed by atoms with van der Waals surface area (Å²) in [5.41, 5.74) is 1.27. The van der Waals surface area contributed by atoms with Crippen LogP contribution < -0.4 is 5.32 Å². The molecule has 0 saturated heterocycles. The van der Waals surface area contributed by atoms with Crippen molar-refractivity contribution in [1.82, 2.24) is 5.32 Å². The molecule has 0 amide bonds. The first-order chi connectivity index (χ1) is 5.61. The van der Waals surface area contributed by atoms with E-state index >= 15 is 0 Å². The highest BCUT2D eigenvalue weighted by molar-refractivity contribution is 5.03. The van der Waals surface area contributed by atoms with Gasteiger partial charge in [0.1, 0.15) is 0 Å².